The first-order valence-electron chi connectivity index (χ1n) is 3.49. The van der Waals surface area contributed by atoms with Gasteiger partial charge in [0.1, 0.15) is 6.42 Å². The van der Waals surface area contributed by atoms with Crippen molar-refractivity contribution in [3.8, 4) is 6.07 Å². The molecule has 0 spiro atoms. The van der Waals surface area contributed by atoms with Crippen LogP contribution in [0.1, 0.15) is 6.42 Å². The van der Waals surface area contributed by atoms with Crippen LogP contribution in [-0.4, -0.2) is 16.9 Å². The number of amides is 2. The SMILES string of the molecule is C=CC(=O)NC(=S)NNC(=O)CC#N. The maximum absolute atomic E-state index is 10.7. The van der Waals surface area contributed by atoms with E-state index in [1.165, 1.54) is 0 Å². The van der Waals surface area contributed by atoms with Crippen molar-refractivity contribution in [1.29, 1.82) is 5.26 Å². The van der Waals surface area contributed by atoms with Crippen LogP contribution in [0.2, 0.25) is 0 Å². The van der Waals surface area contributed by atoms with Crippen LogP contribution in [0.15, 0.2) is 12.7 Å². The molecule has 0 radical (unpaired) electrons. The van der Waals surface area contributed by atoms with Gasteiger partial charge in [-0.3, -0.25) is 25.8 Å². The van der Waals surface area contributed by atoms with E-state index in [0.29, 0.717) is 0 Å². The number of hydrogen-bond donors (Lipinski definition) is 3. The topological polar surface area (TPSA) is 94.0 Å². The molecule has 6 nitrogen and oxygen atoms in total. The van der Waals surface area contributed by atoms with Crippen LogP contribution < -0.4 is 16.2 Å². The van der Waals surface area contributed by atoms with Crippen molar-refractivity contribution in [2.75, 3.05) is 0 Å². The molecule has 0 heterocycles. The smallest absolute Gasteiger partial charge is 0.252 e. The minimum Gasteiger partial charge on any atom is -0.298 e. The summed E-state index contributed by atoms with van der Waals surface area (Å²) in [5, 5.41) is 10.3. The number of nitriles is 1. The molecule has 14 heavy (non-hydrogen) atoms. The molecule has 0 aliphatic carbocycles. The Morgan fingerprint density at radius 1 is 1.50 bits per heavy atom. The van der Waals surface area contributed by atoms with Crippen molar-refractivity contribution < 1.29 is 9.59 Å². The monoisotopic (exact) mass is 212 g/mol. The number of nitrogens with zero attached hydrogens (tertiary/aromatic N) is 1. The molecule has 0 fully saturated rings. The van der Waals surface area contributed by atoms with Gasteiger partial charge in [-0.25, -0.2) is 0 Å². The van der Waals surface area contributed by atoms with E-state index in [0.717, 1.165) is 6.08 Å². The number of rotatable bonds is 2. The van der Waals surface area contributed by atoms with E-state index < -0.39 is 11.8 Å². The quantitative estimate of drug-likeness (QED) is 0.313. The first-order chi connectivity index (χ1) is 6.60. The Morgan fingerprint density at radius 3 is 2.64 bits per heavy atom. The van der Waals surface area contributed by atoms with Crippen LogP contribution in [0.25, 0.3) is 0 Å². The maximum Gasteiger partial charge on any atom is 0.252 e. The Hall–Kier alpha value is -1.94. The lowest BCUT2D eigenvalue weighted by atomic mass is 10.5. The molecule has 0 aromatic rings. The summed E-state index contributed by atoms with van der Waals surface area (Å²) in [4.78, 5) is 21.4. The predicted molar refractivity (Wildman–Crippen MR) is 52.4 cm³/mol. The largest absolute Gasteiger partial charge is 0.298 e. The molecule has 0 aromatic carbocycles. The third-order valence-electron chi connectivity index (χ3n) is 0.977. The van der Waals surface area contributed by atoms with Gasteiger partial charge >= 0.3 is 0 Å². The Kier molecular flexibility index (Phi) is 5.65. The minimum atomic E-state index is -0.539. The molecule has 0 unspecified atom stereocenters. The molecular weight excluding hydrogens is 204 g/mol. The molecule has 0 aromatic heterocycles. The Balaban J connectivity index is 3.75. The van der Waals surface area contributed by atoms with E-state index in [1.807, 2.05) is 0 Å². The lowest BCUT2D eigenvalue weighted by Crippen LogP contribution is -2.48. The van der Waals surface area contributed by atoms with E-state index in [2.05, 4.69) is 35.0 Å². The van der Waals surface area contributed by atoms with E-state index in [1.54, 1.807) is 6.07 Å². The van der Waals surface area contributed by atoms with E-state index >= 15 is 0 Å². The molecule has 3 N–H and O–H groups in total. The number of nitrogens with one attached hydrogen (secondary N) is 3. The van der Waals surface area contributed by atoms with Gasteiger partial charge < -0.3 is 0 Å². The van der Waals surface area contributed by atoms with Gasteiger partial charge in [-0.05, 0) is 18.3 Å². The minimum absolute atomic E-state index is 0.0683. The Morgan fingerprint density at radius 2 is 2.14 bits per heavy atom. The zero-order chi connectivity index (χ0) is 11.0. The summed E-state index contributed by atoms with van der Waals surface area (Å²) in [6.45, 7) is 3.21. The van der Waals surface area contributed by atoms with Gasteiger partial charge in [0.05, 0.1) is 6.07 Å². The molecular formula is C7H8N4O2S. The average Bonchev–Trinajstić information content (AvgIpc) is 2.15. The second kappa shape index (κ2) is 6.56. The summed E-state index contributed by atoms with van der Waals surface area (Å²) >= 11 is 4.61. The van der Waals surface area contributed by atoms with Gasteiger partial charge in [0.15, 0.2) is 5.11 Å². The molecule has 0 saturated heterocycles. The highest BCUT2D eigenvalue weighted by Gasteiger charge is 2.01. The summed E-state index contributed by atoms with van der Waals surface area (Å²) in [5.41, 5.74) is 4.34. The standard InChI is InChI=1S/C7H8N4O2S/c1-2-5(12)9-7(14)11-10-6(13)3-4-8/h2H,1,3H2,(H,10,13)(H2,9,11,12,14). The number of hydrazine groups is 1. The lowest BCUT2D eigenvalue weighted by Gasteiger charge is -2.07. The van der Waals surface area contributed by atoms with Crippen LogP contribution in [-0.2, 0) is 9.59 Å². The molecule has 2 amide bonds. The summed E-state index contributed by atoms with van der Waals surface area (Å²) < 4.78 is 0. The molecule has 0 saturated carbocycles. The highest BCUT2D eigenvalue weighted by atomic mass is 32.1. The zero-order valence-electron chi connectivity index (χ0n) is 7.16. The molecule has 0 bridgehead atoms. The van der Waals surface area contributed by atoms with Gasteiger partial charge in [0.25, 0.3) is 5.91 Å². The van der Waals surface area contributed by atoms with Gasteiger partial charge in [-0.2, -0.15) is 5.26 Å². The molecule has 7 heteroatoms. The highest BCUT2D eigenvalue weighted by Crippen LogP contribution is 1.73. The van der Waals surface area contributed by atoms with Crippen molar-refractivity contribution in [1.82, 2.24) is 16.2 Å². The van der Waals surface area contributed by atoms with Gasteiger partial charge in [0.2, 0.25) is 5.91 Å². The van der Waals surface area contributed by atoms with E-state index in [-0.39, 0.29) is 11.5 Å². The summed E-state index contributed by atoms with van der Waals surface area (Å²) in [6, 6.07) is 1.64. The third-order valence-corrected chi connectivity index (χ3v) is 1.18. The summed E-state index contributed by atoms with van der Waals surface area (Å²) in [5.74, 6) is -1.03. The number of carbonyl (C=O) groups excluding carboxylic acids is 2. The Labute approximate surface area is 85.9 Å². The first-order valence-corrected chi connectivity index (χ1v) is 3.90. The fraction of sp³-hybridized carbons (Fsp3) is 0.143. The van der Waals surface area contributed by atoms with Crippen LogP contribution >= 0.6 is 12.2 Å². The fourth-order valence-corrected chi connectivity index (χ4v) is 0.588. The normalized spacial score (nSPS) is 7.93. The third kappa shape index (κ3) is 5.68. The van der Waals surface area contributed by atoms with E-state index in [4.69, 9.17) is 5.26 Å². The molecule has 0 aliphatic rings. The zero-order valence-corrected chi connectivity index (χ0v) is 7.98. The predicted octanol–water partition coefficient (Wildman–Crippen LogP) is -0.892. The van der Waals surface area contributed by atoms with Crippen LogP contribution in [0.5, 0.6) is 0 Å². The molecule has 74 valence electrons. The van der Waals surface area contributed by atoms with Crippen molar-refractivity contribution in [3.05, 3.63) is 12.7 Å². The van der Waals surface area contributed by atoms with Gasteiger partial charge in [0, 0.05) is 0 Å². The molecule has 0 atom stereocenters. The number of thiocarbonyl (C=S) groups is 1. The van der Waals surface area contributed by atoms with Crippen molar-refractivity contribution in [2.45, 2.75) is 6.42 Å². The van der Waals surface area contributed by atoms with Crippen molar-refractivity contribution in [2.24, 2.45) is 0 Å². The maximum atomic E-state index is 10.7. The van der Waals surface area contributed by atoms with Crippen molar-refractivity contribution in [3.63, 3.8) is 0 Å². The van der Waals surface area contributed by atoms with Gasteiger partial charge in [-0.1, -0.05) is 6.58 Å². The highest BCUT2D eigenvalue weighted by molar-refractivity contribution is 7.80. The van der Waals surface area contributed by atoms with Crippen LogP contribution in [0.4, 0.5) is 0 Å². The second-order valence-corrected chi connectivity index (χ2v) is 2.44. The fourth-order valence-electron chi connectivity index (χ4n) is 0.437. The second-order valence-electron chi connectivity index (χ2n) is 2.03. The summed E-state index contributed by atoms with van der Waals surface area (Å²) in [7, 11) is 0. The number of carbonyl (C=O) groups is 2. The number of hydrogen-bond acceptors (Lipinski definition) is 4. The van der Waals surface area contributed by atoms with Crippen LogP contribution in [0.3, 0.4) is 0 Å². The first kappa shape index (κ1) is 12.1. The molecule has 0 aliphatic heterocycles. The van der Waals surface area contributed by atoms with Crippen LogP contribution in [0, 0.1) is 11.3 Å². The summed E-state index contributed by atoms with van der Waals surface area (Å²) in [6.07, 6.45) is 0.746. The lowest BCUT2D eigenvalue weighted by molar-refractivity contribution is -0.121. The van der Waals surface area contributed by atoms with Gasteiger partial charge in [-0.15, -0.1) is 0 Å². The van der Waals surface area contributed by atoms with E-state index in [9.17, 15) is 9.59 Å². The Bertz CT molecular complexity index is 307. The van der Waals surface area contributed by atoms with Crippen molar-refractivity contribution >= 4 is 29.1 Å². The molecule has 0 rings (SSSR count). The average molecular weight is 212 g/mol.